The van der Waals surface area contributed by atoms with E-state index in [1.807, 2.05) is 0 Å². The Labute approximate surface area is 75.9 Å². The average molecular weight is 193 g/mol. The maximum Gasteiger partial charge on any atom is 0.186 e. The summed E-state index contributed by atoms with van der Waals surface area (Å²) in [5.41, 5.74) is 5.28. The molecule has 0 amide bonds. The van der Waals surface area contributed by atoms with Crippen LogP contribution in [0.4, 0.5) is 0 Å². The van der Waals surface area contributed by atoms with Gasteiger partial charge in [-0.25, -0.2) is 0 Å². The number of nitrogens with two attached hydrogens (primary N) is 1. The van der Waals surface area contributed by atoms with Crippen LogP contribution in [0.3, 0.4) is 0 Å². The van der Waals surface area contributed by atoms with Crippen LogP contribution in [0, 0.1) is 0 Å². The van der Waals surface area contributed by atoms with Crippen LogP contribution in [-0.2, 0) is 9.47 Å². The highest BCUT2D eigenvalue weighted by Gasteiger charge is 2.43. The average Bonchev–Trinajstić information content (AvgIpc) is 2.15. The fraction of sp³-hybridized carbons (Fsp3) is 1.00. The Balaban J connectivity index is 2.66. The van der Waals surface area contributed by atoms with Gasteiger partial charge in [0.15, 0.2) is 6.29 Å². The zero-order valence-corrected chi connectivity index (χ0v) is 7.33. The highest BCUT2D eigenvalue weighted by Crippen LogP contribution is 2.20. The lowest BCUT2D eigenvalue weighted by Crippen LogP contribution is -2.59. The molecule has 1 aliphatic heterocycles. The van der Waals surface area contributed by atoms with E-state index in [2.05, 4.69) is 0 Å². The van der Waals surface area contributed by atoms with Crippen molar-refractivity contribution < 1.29 is 24.8 Å². The van der Waals surface area contributed by atoms with Crippen molar-refractivity contribution >= 4 is 0 Å². The van der Waals surface area contributed by atoms with Crippen LogP contribution in [0.1, 0.15) is 0 Å². The summed E-state index contributed by atoms with van der Waals surface area (Å²) in [4.78, 5) is 0. The summed E-state index contributed by atoms with van der Waals surface area (Å²) in [5.74, 6) is 0. The van der Waals surface area contributed by atoms with Crippen molar-refractivity contribution in [2.45, 2.75) is 30.7 Å². The fourth-order valence-electron chi connectivity index (χ4n) is 1.31. The Hall–Kier alpha value is -0.240. The first kappa shape index (κ1) is 10.8. The van der Waals surface area contributed by atoms with E-state index in [9.17, 15) is 15.3 Å². The predicted molar refractivity (Wildman–Crippen MR) is 42.7 cm³/mol. The molecule has 0 bridgehead atoms. The Morgan fingerprint density at radius 1 is 1.23 bits per heavy atom. The SMILES string of the molecule is CO[C@@H]1O[C@H](CN)[C@H](O)[C@@H](O)[C@H]1O. The fourth-order valence-corrected chi connectivity index (χ4v) is 1.31. The molecule has 0 saturated carbocycles. The second-order valence-corrected chi connectivity index (χ2v) is 2.99. The number of hydrogen-bond donors (Lipinski definition) is 4. The quantitative estimate of drug-likeness (QED) is 0.383. The van der Waals surface area contributed by atoms with Gasteiger partial charge in [0.05, 0.1) is 0 Å². The molecule has 0 aliphatic carbocycles. The van der Waals surface area contributed by atoms with Crippen molar-refractivity contribution in [3.8, 4) is 0 Å². The number of methoxy groups -OCH3 is 1. The van der Waals surface area contributed by atoms with E-state index in [0.29, 0.717) is 0 Å². The van der Waals surface area contributed by atoms with Gasteiger partial charge in [-0.05, 0) is 0 Å². The van der Waals surface area contributed by atoms with Crippen molar-refractivity contribution in [1.82, 2.24) is 0 Å². The smallest absolute Gasteiger partial charge is 0.186 e. The van der Waals surface area contributed by atoms with Gasteiger partial charge in [0.1, 0.15) is 24.4 Å². The second kappa shape index (κ2) is 4.32. The van der Waals surface area contributed by atoms with Gasteiger partial charge in [0.2, 0.25) is 0 Å². The molecule has 1 saturated heterocycles. The minimum atomic E-state index is -1.28. The highest BCUT2D eigenvalue weighted by molar-refractivity contribution is 4.89. The van der Waals surface area contributed by atoms with Crippen molar-refractivity contribution in [2.24, 2.45) is 5.73 Å². The van der Waals surface area contributed by atoms with Crippen LogP contribution in [0.25, 0.3) is 0 Å². The molecule has 1 heterocycles. The van der Waals surface area contributed by atoms with E-state index >= 15 is 0 Å². The maximum absolute atomic E-state index is 9.35. The van der Waals surface area contributed by atoms with Gasteiger partial charge in [-0.15, -0.1) is 0 Å². The molecule has 0 radical (unpaired) electrons. The number of rotatable bonds is 2. The van der Waals surface area contributed by atoms with E-state index in [1.165, 1.54) is 7.11 Å². The van der Waals surface area contributed by atoms with E-state index < -0.39 is 30.7 Å². The minimum absolute atomic E-state index is 0.0603. The van der Waals surface area contributed by atoms with Crippen LogP contribution in [0.5, 0.6) is 0 Å². The monoisotopic (exact) mass is 193 g/mol. The molecule has 78 valence electrons. The molecular weight excluding hydrogens is 178 g/mol. The van der Waals surface area contributed by atoms with Crippen molar-refractivity contribution in [3.05, 3.63) is 0 Å². The summed E-state index contributed by atoms with van der Waals surface area (Å²) in [5, 5.41) is 28.0. The Bertz CT molecular complexity index is 147. The van der Waals surface area contributed by atoms with Gasteiger partial charge in [0, 0.05) is 13.7 Å². The first-order chi connectivity index (χ1) is 6.11. The molecule has 1 fully saturated rings. The highest BCUT2D eigenvalue weighted by atomic mass is 16.7. The summed E-state index contributed by atoms with van der Waals surface area (Å²) in [6, 6.07) is 0. The summed E-state index contributed by atoms with van der Waals surface area (Å²) < 4.78 is 9.83. The van der Waals surface area contributed by atoms with E-state index in [1.54, 1.807) is 0 Å². The van der Waals surface area contributed by atoms with Crippen molar-refractivity contribution in [1.29, 1.82) is 0 Å². The predicted octanol–water partition coefficient (Wildman–Crippen LogP) is -2.60. The third kappa shape index (κ3) is 1.98. The normalized spacial score (nSPS) is 46.4. The molecule has 1 aliphatic rings. The standard InChI is InChI=1S/C7H15NO5/c1-12-7-6(11)5(10)4(9)3(2-8)13-7/h3-7,9-11H,2,8H2,1H3/t3-,4+,5-,6-,7-/m1/s1. The van der Waals surface area contributed by atoms with Crippen LogP contribution in [-0.4, -0.2) is 59.7 Å². The van der Waals surface area contributed by atoms with Crippen molar-refractivity contribution in [2.75, 3.05) is 13.7 Å². The van der Waals surface area contributed by atoms with Crippen molar-refractivity contribution in [3.63, 3.8) is 0 Å². The van der Waals surface area contributed by atoms with E-state index in [-0.39, 0.29) is 6.54 Å². The Morgan fingerprint density at radius 3 is 2.31 bits per heavy atom. The molecule has 0 aromatic carbocycles. The van der Waals surface area contributed by atoms with Gasteiger partial charge in [-0.1, -0.05) is 0 Å². The van der Waals surface area contributed by atoms with Crippen LogP contribution in [0.2, 0.25) is 0 Å². The summed E-state index contributed by atoms with van der Waals surface area (Å²) >= 11 is 0. The second-order valence-electron chi connectivity index (χ2n) is 2.99. The molecule has 6 nitrogen and oxygen atoms in total. The first-order valence-electron chi connectivity index (χ1n) is 4.04. The summed E-state index contributed by atoms with van der Waals surface area (Å²) in [6.07, 6.45) is -5.35. The number of ether oxygens (including phenoxy) is 2. The largest absolute Gasteiger partial charge is 0.388 e. The van der Waals surface area contributed by atoms with Gasteiger partial charge < -0.3 is 30.5 Å². The summed E-state index contributed by atoms with van der Waals surface area (Å²) in [6.45, 7) is 0.0603. The zero-order valence-electron chi connectivity index (χ0n) is 7.33. The Morgan fingerprint density at radius 2 is 1.85 bits per heavy atom. The third-order valence-corrected chi connectivity index (χ3v) is 2.13. The molecular formula is C7H15NO5. The first-order valence-corrected chi connectivity index (χ1v) is 4.04. The molecule has 5 atom stereocenters. The van der Waals surface area contributed by atoms with Gasteiger partial charge in [0.25, 0.3) is 0 Å². The molecule has 13 heavy (non-hydrogen) atoms. The van der Waals surface area contributed by atoms with E-state index in [4.69, 9.17) is 15.2 Å². The molecule has 0 aromatic heterocycles. The topological polar surface area (TPSA) is 105 Å². The lowest BCUT2D eigenvalue weighted by atomic mass is 9.99. The third-order valence-electron chi connectivity index (χ3n) is 2.13. The number of hydrogen-bond acceptors (Lipinski definition) is 6. The van der Waals surface area contributed by atoms with E-state index in [0.717, 1.165) is 0 Å². The maximum atomic E-state index is 9.35. The van der Waals surface area contributed by atoms with Crippen LogP contribution < -0.4 is 5.73 Å². The van der Waals surface area contributed by atoms with Crippen LogP contribution in [0.15, 0.2) is 0 Å². The Kier molecular flexibility index (Phi) is 3.60. The molecule has 0 aromatic rings. The summed E-state index contributed by atoms with van der Waals surface area (Å²) in [7, 11) is 1.34. The zero-order chi connectivity index (χ0) is 10.0. The lowest BCUT2D eigenvalue weighted by Gasteiger charge is -2.39. The minimum Gasteiger partial charge on any atom is -0.388 e. The molecule has 1 rings (SSSR count). The lowest BCUT2D eigenvalue weighted by molar-refractivity contribution is -0.287. The number of aliphatic hydroxyl groups excluding tert-OH is 3. The van der Waals surface area contributed by atoms with Gasteiger partial charge in [-0.2, -0.15) is 0 Å². The van der Waals surface area contributed by atoms with Gasteiger partial charge in [-0.3, -0.25) is 0 Å². The van der Waals surface area contributed by atoms with Gasteiger partial charge >= 0.3 is 0 Å². The molecule has 0 unspecified atom stereocenters. The molecule has 5 N–H and O–H groups in total. The molecule has 6 heteroatoms. The molecule has 0 spiro atoms. The number of aliphatic hydroxyl groups is 3. The van der Waals surface area contributed by atoms with Crippen LogP contribution >= 0.6 is 0 Å².